The maximum Gasteiger partial charge on any atom is 0.133 e. The van der Waals surface area contributed by atoms with Crippen molar-refractivity contribution in [3.05, 3.63) is 48.2 Å². The van der Waals surface area contributed by atoms with Crippen LogP contribution in [0.3, 0.4) is 0 Å². The van der Waals surface area contributed by atoms with Crippen LogP contribution in [0.4, 0.5) is 0 Å². The first-order chi connectivity index (χ1) is 9.88. The quantitative estimate of drug-likeness (QED) is 0.928. The highest BCUT2D eigenvalue weighted by Crippen LogP contribution is 2.26. The largest absolute Gasteiger partial charge is 0.464 e. The van der Waals surface area contributed by atoms with Gasteiger partial charge in [0.1, 0.15) is 5.76 Å². The predicted molar refractivity (Wildman–Crippen MR) is 79.3 cm³/mol. The molecule has 4 rings (SSSR count). The fourth-order valence-corrected chi connectivity index (χ4v) is 3.54. The van der Waals surface area contributed by atoms with Gasteiger partial charge in [-0.2, -0.15) is 0 Å². The van der Waals surface area contributed by atoms with Crippen LogP contribution < -0.4 is 5.32 Å². The minimum atomic E-state index is 0.734. The van der Waals surface area contributed by atoms with Crippen molar-refractivity contribution in [2.45, 2.75) is 19.0 Å². The van der Waals surface area contributed by atoms with Crippen LogP contribution in [0.5, 0.6) is 0 Å². The van der Waals surface area contributed by atoms with Crippen molar-refractivity contribution in [2.75, 3.05) is 19.6 Å². The molecule has 3 heterocycles. The molecule has 2 aromatic rings. The zero-order chi connectivity index (χ0) is 13.4. The molecule has 2 saturated heterocycles. The summed E-state index contributed by atoms with van der Waals surface area (Å²) in [6, 6.07) is 13.4. The summed E-state index contributed by atoms with van der Waals surface area (Å²) >= 11 is 0. The van der Waals surface area contributed by atoms with Crippen LogP contribution in [0.2, 0.25) is 0 Å². The van der Waals surface area contributed by atoms with Gasteiger partial charge in [-0.05, 0) is 36.6 Å². The molecule has 3 heteroatoms. The smallest absolute Gasteiger partial charge is 0.133 e. The van der Waals surface area contributed by atoms with Gasteiger partial charge in [0.15, 0.2) is 0 Å². The first-order valence-corrected chi connectivity index (χ1v) is 7.47. The number of hydrogen-bond donors (Lipinski definition) is 1. The number of benzene rings is 1. The number of rotatable bonds is 3. The third-order valence-corrected chi connectivity index (χ3v) is 4.60. The van der Waals surface area contributed by atoms with Crippen molar-refractivity contribution < 1.29 is 4.42 Å². The molecule has 20 heavy (non-hydrogen) atoms. The van der Waals surface area contributed by atoms with E-state index in [9.17, 15) is 0 Å². The van der Waals surface area contributed by atoms with Gasteiger partial charge in [-0.15, -0.1) is 0 Å². The Bertz CT molecular complexity index is 549. The topological polar surface area (TPSA) is 28.4 Å². The molecule has 0 spiro atoms. The van der Waals surface area contributed by atoms with E-state index in [-0.39, 0.29) is 0 Å². The van der Waals surface area contributed by atoms with E-state index in [1.165, 1.54) is 31.6 Å². The lowest BCUT2D eigenvalue weighted by atomic mass is 10.1. The number of hydrogen-bond acceptors (Lipinski definition) is 3. The fourth-order valence-electron chi connectivity index (χ4n) is 3.54. The van der Waals surface area contributed by atoms with E-state index < -0.39 is 0 Å². The van der Waals surface area contributed by atoms with Gasteiger partial charge in [-0.25, -0.2) is 0 Å². The van der Waals surface area contributed by atoms with Crippen molar-refractivity contribution in [3.63, 3.8) is 0 Å². The molecule has 1 aromatic carbocycles. The lowest BCUT2D eigenvalue weighted by molar-refractivity contribution is 0.307. The number of nitrogens with zero attached hydrogens (tertiary/aromatic N) is 1. The Morgan fingerprint density at radius 2 is 2.05 bits per heavy atom. The zero-order valence-corrected chi connectivity index (χ0v) is 11.6. The van der Waals surface area contributed by atoms with E-state index >= 15 is 0 Å². The predicted octanol–water partition coefficient (Wildman–Crippen LogP) is 2.74. The molecule has 1 aromatic heterocycles. The Kier molecular flexibility index (Phi) is 3.09. The molecule has 0 bridgehead atoms. The van der Waals surface area contributed by atoms with Crippen molar-refractivity contribution in [1.29, 1.82) is 0 Å². The molecular weight excluding hydrogens is 248 g/mol. The molecule has 2 aliphatic heterocycles. The second-order valence-corrected chi connectivity index (χ2v) is 5.98. The van der Waals surface area contributed by atoms with Crippen LogP contribution in [0.25, 0.3) is 11.3 Å². The van der Waals surface area contributed by atoms with Crippen LogP contribution in [0.15, 0.2) is 47.1 Å². The third-order valence-electron chi connectivity index (χ3n) is 4.60. The third kappa shape index (κ3) is 2.28. The molecular formula is C17H20N2O. The Morgan fingerprint density at radius 1 is 1.15 bits per heavy atom. The van der Waals surface area contributed by atoms with Crippen LogP contribution in [0, 0.1) is 5.92 Å². The Balaban J connectivity index is 1.42. The number of nitrogens with one attached hydrogen (secondary N) is 1. The molecule has 0 saturated carbocycles. The fraction of sp³-hybridized carbons (Fsp3) is 0.412. The van der Waals surface area contributed by atoms with Crippen LogP contribution >= 0.6 is 0 Å². The molecule has 2 fully saturated rings. The molecule has 3 nitrogen and oxygen atoms in total. The molecule has 2 atom stereocenters. The van der Waals surface area contributed by atoms with Crippen LogP contribution in [-0.4, -0.2) is 30.6 Å². The summed E-state index contributed by atoms with van der Waals surface area (Å²) in [4.78, 5) is 2.57. The minimum absolute atomic E-state index is 0.734. The van der Waals surface area contributed by atoms with Crippen LogP contribution in [-0.2, 0) is 6.54 Å². The summed E-state index contributed by atoms with van der Waals surface area (Å²) in [5.74, 6) is 1.81. The number of furan rings is 1. The van der Waals surface area contributed by atoms with E-state index in [0.29, 0.717) is 0 Å². The highest BCUT2D eigenvalue weighted by Gasteiger charge is 2.35. The highest BCUT2D eigenvalue weighted by atomic mass is 16.3. The SMILES string of the molecule is c1coc(-c2ccc(CN3C[C@@H]4CCN[C@@H]4C3)cc2)c1. The van der Waals surface area contributed by atoms with Gasteiger partial charge in [0, 0.05) is 31.2 Å². The van der Waals surface area contributed by atoms with Gasteiger partial charge in [0.2, 0.25) is 0 Å². The van der Waals surface area contributed by atoms with E-state index in [4.69, 9.17) is 4.42 Å². The highest BCUT2D eigenvalue weighted by molar-refractivity contribution is 5.57. The second-order valence-electron chi connectivity index (χ2n) is 5.98. The van der Waals surface area contributed by atoms with Crippen molar-refractivity contribution >= 4 is 0 Å². The van der Waals surface area contributed by atoms with E-state index in [0.717, 1.165) is 29.8 Å². The minimum Gasteiger partial charge on any atom is -0.464 e. The standard InChI is InChI=1S/C17H20N2O/c1-2-17(20-9-1)14-5-3-13(4-6-14)10-19-11-15-7-8-18-16(15)12-19/h1-6,9,15-16,18H,7-8,10-12H2/t15-,16+/m0/s1. The van der Waals surface area contributed by atoms with Gasteiger partial charge in [-0.3, -0.25) is 4.90 Å². The molecule has 0 aliphatic carbocycles. The molecule has 104 valence electrons. The summed E-state index contributed by atoms with van der Waals surface area (Å²) < 4.78 is 5.42. The monoisotopic (exact) mass is 268 g/mol. The summed E-state index contributed by atoms with van der Waals surface area (Å²) in [6.45, 7) is 4.72. The molecule has 0 unspecified atom stereocenters. The summed E-state index contributed by atoms with van der Waals surface area (Å²) in [5.41, 5.74) is 2.54. The van der Waals surface area contributed by atoms with Crippen LogP contribution in [0.1, 0.15) is 12.0 Å². The lowest BCUT2D eigenvalue weighted by Gasteiger charge is -2.17. The Hall–Kier alpha value is -1.58. The van der Waals surface area contributed by atoms with E-state index in [1.807, 2.05) is 12.1 Å². The normalized spacial score (nSPS) is 26.0. The Morgan fingerprint density at radius 3 is 2.80 bits per heavy atom. The van der Waals surface area contributed by atoms with E-state index in [2.05, 4.69) is 34.5 Å². The molecule has 0 amide bonds. The summed E-state index contributed by atoms with van der Waals surface area (Å²) in [5, 5.41) is 3.61. The van der Waals surface area contributed by atoms with Gasteiger partial charge in [-0.1, -0.05) is 24.3 Å². The lowest BCUT2D eigenvalue weighted by Crippen LogP contribution is -2.29. The van der Waals surface area contributed by atoms with Gasteiger partial charge >= 0.3 is 0 Å². The number of fused-ring (bicyclic) bond motifs is 1. The average Bonchev–Trinajstić information content (AvgIpc) is 3.15. The average molecular weight is 268 g/mol. The van der Waals surface area contributed by atoms with Gasteiger partial charge in [0.05, 0.1) is 6.26 Å². The van der Waals surface area contributed by atoms with Gasteiger partial charge in [0.25, 0.3) is 0 Å². The summed E-state index contributed by atoms with van der Waals surface area (Å²) in [7, 11) is 0. The maximum atomic E-state index is 5.42. The first-order valence-electron chi connectivity index (χ1n) is 7.47. The maximum absolute atomic E-state index is 5.42. The molecule has 2 aliphatic rings. The van der Waals surface area contributed by atoms with E-state index in [1.54, 1.807) is 6.26 Å². The number of likely N-dealkylation sites (tertiary alicyclic amines) is 1. The Labute approximate surface area is 119 Å². The zero-order valence-electron chi connectivity index (χ0n) is 11.6. The summed E-state index contributed by atoms with van der Waals surface area (Å²) in [6.07, 6.45) is 3.07. The van der Waals surface area contributed by atoms with Gasteiger partial charge < -0.3 is 9.73 Å². The van der Waals surface area contributed by atoms with Crippen molar-refractivity contribution in [2.24, 2.45) is 5.92 Å². The molecule has 0 radical (unpaired) electrons. The second kappa shape index (κ2) is 5.08. The van der Waals surface area contributed by atoms with Crippen molar-refractivity contribution in [1.82, 2.24) is 10.2 Å². The molecule has 1 N–H and O–H groups in total. The van der Waals surface area contributed by atoms with Crippen molar-refractivity contribution in [3.8, 4) is 11.3 Å². The first kappa shape index (κ1) is 12.2.